The second-order valence-electron chi connectivity index (χ2n) is 5.17. The van der Waals surface area contributed by atoms with Crippen molar-refractivity contribution in [3.8, 4) is 0 Å². The molecule has 1 aromatic rings. The van der Waals surface area contributed by atoms with Crippen LogP contribution in [0.5, 0.6) is 0 Å². The number of aryl methyl sites for hydroxylation is 1. The number of nitrogens with zero attached hydrogens (tertiary/aromatic N) is 2. The lowest BCUT2D eigenvalue weighted by Gasteiger charge is -2.33. The summed E-state index contributed by atoms with van der Waals surface area (Å²) < 4.78 is 0. The SMILES string of the molecule is Cc1nc(C(C)N2CCC(C)CC2)sc1C(=O)O. The summed E-state index contributed by atoms with van der Waals surface area (Å²) >= 11 is 1.32. The molecule has 0 radical (unpaired) electrons. The summed E-state index contributed by atoms with van der Waals surface area (Å²) in [5.41, 5.74) is 0.639. The zero-order valence-corrected chi connectivity index (χ0v) is 12.0. The van der Waals surface area contributed by atoms with Crippen molar-refractivity contribution in [2.24, 2.45) is 5.92 Å². The van der Waals surface area contributed by atoms with Crippen LogP contribution >= 0.6 is 11.3 Å². The third-order valence-electron chi connectivity index (χ3n) is 3.73. The van der Waals surface area contributed by atoms with Gasteiger partial charge in [-0.05, 0) is 45.7 Å². The Morgan fingerprint density at radius 2 is 2.11 bits per heavy atom. The Labute approximate surface area is 112 Å². The van der Waals surface area contributed by atoms with E-state index in [1.807, 2.05) is 0 Å². The number of aromatic nitrogens is 1. The summed E-state index contributed by atoms with van der Waals surface area (Å²) in [5.74, 6) is -0.0585. The Bertz CT molecular complexity index is 436. The molecule has 1 aromatic heterocycles. The second kappa shape index (κ2) is 5.36. The monoisotopic (exact) mass is 268 g/mol. The maximum Gasteiger partial charge on any atom is 0.347 e. The first-order chi connectivity index (χ1) is 8.49. The smallest absolute Gasteiger partial charge is 0.347 e. The van der Waals surface area contributed by atoms with Gasteiger partial charge < -0.3 is 5.11 Å². The molecule has 4 nitrogen and oxygen atoms in total. The number of rotatable bonds is 3. The van der Waals surface area contributed by atoms with Crippen LogP contribution in [-0.2, 0) is 0 Å². The van der Waals surface area contributed by atoms with E-state index >= 15 is 0 Å². The first-order valence-corrected chi connectivity index (χ1v) is 7.25. The normalized spacial score (nSPS) is 19.9. The minimum atomic E-state index is -0.865. The van der Waals surface area contributed by atoms with E-state index < -0.39 is 5.97 Å². The molecule has 2 heterocycles. The number of carboxylic acid groups (broad SMARTS) is 1. The van der Waals surface area contributed by atoms with Crippen LogP contribution in [0.1, 0.15) is 53.1 Å². The summed E-state index contributed by atoms with van der Waals surface area (Å²) in [4.78, 5) is 18.2. The van der Waals surface area contributed by atoms with E-state index in [9.17, 15) is 4.79 Å². The van der Waals surface area contributed by atoms with Crippen molar-refractivity contribution in [1.82, 2.24) is 9.88 Å². The summed E-state index contributed by atoms with van der Waals surface area (Å²) in [6.07, 6.45) is 2.45. The molecular weight excluding hydrogens is 248 g/mol. The van der Waals surface area contributed by atoms with Crippen LogP contribution in [0.15, 0.2) is 0 Å². The van der Waals surface area contributed by atoms with Gasteiger partial charge in [0.15, 0.2) is 0 Å². The van der Waals surface area contributed by atoms with E-state index in [-0.39, 0.29) is 6.04 Å². The number of hydrogen-bond acceptors (Lipinski definition) is 4. The summed E-state index contributed by atoms with van der Waals surface area (Å²) in [6.45, 7) is 8.36. The number of likely N-dealkylation sites (tertiary alicyclic amines) is 1. The van der Waals surface area contributed by atoms with Gasteiger partial charge >= 0.3 is 5.97 Å². The van der Waals surface area contributed by atoms with Crippen LogP contribution < -0.4 is 0 Å². The number of carbonyl (C=O) groups is 1. The van der Waals surface area contributed by atoms with Crippen LogP contribution in [0.4, 0.5) is 0 Å². The van der Waals surface area contributed by atoms with Crippen molar-refractivity contribution in [2.45, 2.75) is 39.7 Å². The summed E-state index contributed by atoms with van der Waals surface area (Å²) in [7, 11) is 0. The molecule has 0 amide bonds. The Morgan fingerprint density at radius 3 is 2.61 bits per heavy atom. The Kier molecular flexibility index (Phi) is 4.02. The third-order valence-corrected chi connectivity index (χ3v) is 5.05. The average Bonchev–Trinajstić information content (AvgIpc) is 2.71. The molecule has 18 heavy (non-hydrogen) atoms. The fraction of sp³-hybridized carbons (Fsp3) is 0.692. The van der Waals surface area contributed by atoms with Gasteiger partial charge in [-0.3, -0.25) is 4.90 Å². The topological polar surface area (TPSA) is 53.4 Å². The van der Waals surface area contributed by atoms with Crippen molar-refractivity contribution >= 4 is 17.3 Å². The number of carboxylic acids is 1. The zero-order valence-electron chi connectivity index (χ0n) is 11.1. The lowest BCUT2D eigenvalue weighted by Crippen LogP contribution is -2.34. The molecule has 5 heteroatoms. The van der Waals surface area contributed by atoms with Gasteiger partial charge in [0.05, 0.1) is 11.7 Å². The molecule has 100 valence electrons. The van der Waals surface area contributed by atoms with Crippen LogP contribution in [0, 0.1) is 12.8 Å². The molecule has 1 saturated heterocycles. The highest BCUT2D eigenvalue weighted by Gasteiger charge is 2.25. The van der Waals surface area contributed by atoms with Gasteiger partial charge in [0.1, 0.15) is 9.88 Å². The van der Waals surface area contributed by atoms with Gasteiger partial charge in [-0.25, -0.2) is 9.78 Å². The van der Waals surface area contributed by atoms with Crippen molar-refractivity contribution in [2.75, 3.05) is 13.1 Å². The third kappa shape index (κ3) is 2.72. The van der Waals surface area contributed by atoms with Crippen LogP contribution in [0.3, 0.4) is 0 Å². The highest BCUT2D eigenvalue weighted by Crippen LogP contribution is 2.30. The second-order valence-corrected chi connectivity index (χ2v) is 6.20. The molecule has 0 saturated carbocycles. The van der Waals surface area contributed by atoms with Gasteiger partial charge in [0.25, 0.3) is 0 Å². The van der Waals surface area contributed by atoms with Gasteiger partial charge in [-0.2, -0.15) is 0 Å². The first-order valence-electron chi connectivity index (χ1n) is 6.43. The molecule has 0 spiro atoms. The number of thiazole rings is 1. The summed E-state index contributed by atoms with van der Waals surface area (Å²) in [6, 6.07) is 0.231. The molecule has 2 rings (SSSR count). The average molecular weight is 268 g/mol. The minimum absolute atomic E-state index is 0.231. The van der Waals surface area contributed by atoms with Gasteiger partial charge in [-0.15, -0.1) is 11.3 Å². The van der Waals surface area contributed by atoms with E-state index in [4.69, 9.17) is 5.11 Å². The molecule has 1 N–H and O–H groups in total. The van der Waals surface area contributed by atoms with E-state index in [2.05, 4.69) is 23.7 Å². The van der Waals surface area contributed by atoms with Gasteiger partial charge in [0.2, 0.25) is 0 Å². The quantitative estimate of drug-likeness (QED) is 0.915. The molecule has 0 aliphatic carbocycles. The van der Waals surface area contributed by atoms with E-state index in [0.717, 1.165) is 24.0 Å². The maximum absolute atomic E-state index is 11.0. The lowest BCUT2D eigenvalue weighted by molar-refractivity contribution is 0.0701. The largest absolute Gasteiger partial charge is 0.477 e. The molecule has 1 unspecified atom stereocenters. The fourth-order valence-corrected chi connectivity index (χ4v) is 3.36. The first kappa shape index (κ1) is 13.5. The lowest BCUT2D eigenvalue weighted by atomic mass is 9.98. The minimum Gasteiger partial charge on any atom is -0.477 e. The van der Waals surface area contributed by atoms with Crippen molar-refractivity contribution in [1.29, 1.82) is 0 Å². The molecule has 0 aromatic carbocycles. The van der Waals surface area contributed by atoms with Crippen LogP contribution in [0.2, 0.25) is 0 Å². The van der Waals surface area contributed by atoms with Crippen LogP contribution in [0.25, 0.3) is 0 Å². The van der Waals surface area contributed by atoms with E-state index in [1.54, 1.807) is 6.92 Å². The molecule has 1 atom stereocenters. The van der Waals surface area contributed by atoms with Crippen molar-refractivity contribution in [3.63, 3.8) is 0 Å². The molecule has 0 bridgehead atoms. The van der Waals surface area contributed by atoms with Gasteiger partial charge in [-0.1, -0.05) is 6.92 Å². The number of piperidine rings is 1. The number of hydrogen-bond donors (Lipinski definition) is 1. The predicted molar refractivity (Wildman–Crippen MR) is 72.2 cm³/mol. The highest BCUT2D eigenvalue weighted by molar-refractivity contribution is 7.13. The van der Waals surface area contributed by atoms with Crippen molar-refractivity contribution < 1.29 is 9.90 Å². The van der Waals surface area contributed by atoms with E-state index in [0.29, 0.717) is 10.6 Å². The maximum atomic E-state index is 11.0. The number of aromatic carboxylic acids is 1. The van der Waals surface area contributed by atoms with Crippen molar-refractivity contribution in [3.05, 3.63) is 15.6 Å². The van der Waals surface area contributed by atoms with Crippen LogP contribution in [-0.4, -0.2) is 34.0 Å². The molecular formula is C13H20N2O2S. The Hall–Kier alpha value is -0.940. The Morgan fingerprint density at radius 1 is 1.50 bits per heavy atom. The Balaban J connectivity index is 2.11. The molecule has 1 aliphatic heterocycles. The summed E-state index contributed by atoms with van der Waals surface area (Å²) in [5, 5.41) is 9.99. The van der Waals surface area contributed by atoms with E-state index in [1.165, 1.54) is 24.2 Å². The standard InChI is InChI=1S/C13H20N2O2S/c1-8-4-6-15(7-5-8)10(3)12-14-9(2)11(18-12)13(16)17/h8,10H,4-7H2,1-3H3,(H,16,17). The zero-order chi connectivity index (χ0) is 13.3. The fourth-order valence-electron chi connectivity index (χ4n) is 2.37. The molecule has 1 aliphatic rings. The molecule has 1 fully saturated rings. The van der Waals surface area contributed by atoms with Gasteiger partial charge in [0, 0.05) is 0 Å². The predicted octanol–water partition coefficient (Wildman–Crippen LogP) is 2.94. The highest BCUT2D eigenvalue weighted by atomic mass is 32.1.